The molecule has 1 amide bonds. The second-order valence-electron chi connectivity index (χ2n) is 7.71. The highest BCUT2D eigenvalue weighted by Crippen LogP contribution is 2.35. The number of amides is 1. The normalized spacial score (nSPS) is 22.1. The molecule has 2 aromatic rings. The monoisotopic (exact) mass is 405 g/mol. The molecule has 27 heavy (non-hydrogen) atoms. The molecule has 0 unspecified atom stereocenters. The molecule has 2 atom stereocenters. The average molecular weight is 406 g/mol. The van der Waals surface area contributed by atoms with Gasteiger partial charge in [0.2, 0.25) is 5.91 Å². The number of hydrogen-bond donors (Lipinski definition) is 1. The van der Waals surface area contributed by atoms with Gasteiger partial charge in [0.25, 0.3) is 5.56 Å². The Balaban J connectivity index is 1.51. The summed E-state index contributed by atoms with van der Waals surface area (Å²) in [5.41, 5.74) is 1.28. The Morgan fingerprint density at radius 1 is 1.30 bits per heavy atom. The Kier molecular flexibility index (Phi) is 5.60. The Morgan fingerprint density at radius 2 is 2.11 bits per heavy atom. The number of rotatable bonds is 5. The molecule has 4 rings (SSSR count). The van der Waals surface area contributed by atoms with E-state index in [0.717, 1.165) is 35.9 Å². The first-order valence-corrected chi connectivity index (χ1v) is 11.9. The summed E-state index contributed by atoms with van der Waals surface area (Å²) in [6.07, 6.45) is 7.91. The molecular weight excluding hydrogens is 378 g/mol. The van der Waals surface area contributed by atoms with Gasteiger partial charge in [-0.2, -0.15) is 0 Å². The lowest BCUT2D eigenvalue weighted by molar-refractivity contribution is -0.119. The average Bonchev–Trinajstić information content (AvgIpc) is 3.22. The third-order valence-electron chi connectivity index (χ3n) is 5.90. The number of nitrogens with zero attached hydrogens (tertiary/aromatic N) is 2. The van der Waals surface area contributed by atoms with E-state index in [0.29, 0.717) is 23.4 Å². The molecule has 0 aliphatic heterocycles. The topological polar surface area (TPSA) is 64.0 Å². The fourth-order valence-electron chi connectivity index (χ4n) is 4.36. The van der Waals surface area contributed by atoms with Gasteiger partial charge in [-0.3, -0.25) is 14.2 Å². The van der Waals surface area contributed by atoms with Crippen LogP contribution in [0.25, 0.3) is 10.2 Å². The molecule has 2 aromatic heterocycles. The van der Waals surface area contributed by atoms with Crippen molar-refractivity contribution in [1.82, 2.24) is 14.9 Å². The van der Waals surface area contributed by atoms with Crippen LogP contribution in [0.3, 0.4) is 0 Å². The molecule has 7 heteroatoms. The molecule has 1 saturated carbocycles. The standard InChI is InChI=1S/C20H27N3O2S2/c1-3-23-19(25)17-13-8-6-10-15(13)27-18(17)22-20(23)26-11-16(24)21-14-9-5-4-7-12(14)2/h12,14H,3-11H2,1-2H3,(H,21,24)/t12-,14-/m1/s1. The van der Waals surface area contributed by atoms with Crippen LogP contribution in [0, 0.1) is 5.92 Å². The quantitative estimate of drug-likeness (QED) is 0.608. The Bertz CT molecular complexity index is 918. The van der Waals surface area contributed by atoms with Crippen molar-refractivity contribution in [2.75, 3.05) is 5.75 Å². The van der Waals surface area contributed by atoms with E-state index in [-0.39, 0.29) is 17.5 Å². The molecule has 1 N–H and O–H groups in total. The van der Waals surface area contributed by atoms with E-state index in [9.17, 15) is 9.59 Å². The van der Waals surface area contributed by atoms with Crippen LogP contribution in [0.1, 0.15) is 56.4 Å². The van der Waals surface area contributed by atoms with E-state index in [4.69, 9.17) is 4.98 Å². The molecule has 2 heterocycles. The minimum Gasteiger partial charge on any atom is -0.352 e. The van der Waals surface area contributed by atoms with Crippen LogP contribution >= 0.6 is 23.1 Å². The van der Waals surface area contributed by atoms with E-state index in [1.165, 1.54) is 41.5 Å². The second kappa shape index (κ2) is 7.95. The fourth-order valence-corrected chi connectivity index (χ4v) is 6.53. The molecule has 0 saturated heterocycles. The van der Waals surface area contributed by atoms with Gasteiger partial charge in [0.05, 0.1) is 11.1 Å². The van der Waals surface area contributed by atoms with Crippen molar-refractivity contribution in [3.63, 3.8) is 0 Å². The first kappa shape index (κ1) is 19.0. The number of aryl methyl sites for hydroxylation is 2. The molecule has 146 valence electrons. The van der Waals surface area contributed by atoms with Crippen LogP contribution in [0.4, 0.5) is 0 Å². The molecule has 0 aromatic carbocycles. The number of hydrogen-bond acceptors (Lipinski definition) is 5. The molecule has 2 aliphatic rings. The summed E-state index contributed by atoms with van der Waals surface area (Å²) in [6, 6.07) is 0.288. The molecule has 2 aliphatic carbocycles. The van der Waals surface area contributed by atoms with E-state index < -0.39 is 0 Å². The van der Waals surface area contributed by atoms with Crippen molar-refractivity contribution >= 4 is 39.2 Å². The van der Waals surface area contributed by atoms with E-state index in [1.54, 1.807) is 15.9 Å². The minimum atomic E-state index is 0.0458. The van der Waals surface area contributed by atoms with E-state index in [2.05, 4.69) is 12.2 Å². The first-order chi connectivity index (χ1) is 13.1. The van der Waals surface area contributed by atoms with Gasteiger partial charge < -0.3 is 5.32 Å². The SMILES string of the molecule is CCn1c(SCC(=O)N[C@@H]2CCCC[C@H]2C)nc2sc3c(c2c1=O)CCC3. The number of fused-ring (bicyclic) bond motifs is 3. The highest BCUT2D eigenvalue weighted by molar-refractivity contribution is 7.99. The largest absolute Gasteiger partial charge is 0.352 e. The lowest BCUT2D eigenvalue weighted by Crippen LogP contribution is -2.41. The second-order valence-corrected chi connectivity index (χ2v) is 9.73. The smallest absolute Gasteiger partial charge is 0.263 e. The molecular formula is C20H27N3O2S2. The van der Waals surface area contributed by atoms with Crippen molar-refractivity contribution in [3.05, 3.63) is 20.8 Å². The maximum absolute atomic E-state index is 13.0. The summed E-state index contributed by atoms with van der Waals surface area (Å²) in [5, 5.41) is 4.67. The van der Waals surface area contributed by atoms with Crippen molar-refractivity contribution in [2.45, 2.75) is 76.5 Å². The number of carbonyl (C=O) groups is 1. The van der Waals surface area contributed by atoms with Crippen LogP contribution in [-0.4, -0.2) is 27.3 Å². The Hall–Kier alpha value is -1.34. The van der Waals surface area contributed by atoms with Gasteiger partial charge in [-0.15, -0.1) is 11.3 Å². The fraction of sp³-hybridized carbons (Fsp3) is 0.650. The van der Waals surface area contributed by atoms with Crippen molar-refractivity contribution in [1.29, 1.82) is 0 Å². The lowest BCUT2D eigenvalue weighted by atomic mass is 9.86. The van der Waals surface area contributed by atoms with Gasteiger partial charge >= 0.3 is 0 Å². The lowest BCUT2D eigenvalue weighted by Gasteiger charge is -2.29. The third-order valence-corrected chi connectivity index (χ3v) is 8.06. The summed E-state index contributed by atoms with van der Waals surface area (Å²) in [5.74, 6) is 0.903. The highest BCUT2D eigenvalue weighted by Gasteiger charge is 2.25. The van der Waals surface area contributed by atoms with Crippen molar-refractivity contribution in [2.24, 2.45) is 5.92 Å². The zero-order chi connectivity index (χ0) is 19.0. The molecule has 0 spiro atoms. The zero-order valence-corrected chi connectivity index (χ0v) is 17.7. The summed E-state index contributed by atoms with van der Waals surface area (Å²) in [7, 11) is 0. The van der Waals surface area contributed by atoms with Gasteiger partial charge in [0.15, 0.2) is 5.16 Å². The van der Waals surface area contributed by atoms with E-state index in [1.807, 2.05) is 6.92 Å². The van der Waals surface area contributed by atoms with Crippen LogP contribution in [-0.2, 0) is 24.2 Å². The van der Waals surface area contributed by atoms with Gasteiger partial charge in [-0.25, -0.2) is 4.98 Å². The number of thiophene rings is 1. The zero-order valence-electron chi connectivity index (χ0n) is 16.0. The van der Waals surface area contributed by atoms with Crippen LogP contribution in [0.5, 0.6) is 0 Å². The predicted molar refractivity (Wildman–Crippen MR) is 112 cm³/mol. The molecule has 0 radical (unpaired) electrons. The number of carbonyl (C=O) groups excluding carboxylic acids is 1. The predicted octanol–water partition coefficient (Wildman–Crippen LogP) is 3.75. The molecule has 1 fully saturated rings. The van der Waals surface area contributed by atoms with Gasteiger partial charge in [-0.05, 0) is 50.5 Å². The third kappa shape index (κ3) is 3.68. The maximum atomic E-state index is 13.0. The first-order valence-electron chi connectivity index (χ1n) is 10.1. The Labute approximate surface area is 167 Å². The minimum absolute atomic E-state index is 0.0458. The van der Waals surface area contributed by atoms with E-state index >= 15 is 0 Å². The van der Waals surface area contributed by atoms with Crippen LogP contribution < -0.4 is 10.9 Å². The highest BCUT2D eigenvalue weighted by atomic mass is 32.2. The van der Waals surface area contributed by atoms with Crippen LogP contribution in [0.2, 0.25) is 0 Å². The van der Waals surface area contributed by atoms with Gasteiger partial charge in [0.1, 0.15) is 4.83 Å². The number of aromatic nitrogens is 2. The van der Waals surface area contributed by atoms with Crippen molar-refractivity contribution in [3.8, 4) is 0 Å². The van der Waals surface area contributed by atoms with Gasteiger partial charge in [-0.1, -0.05) is 31.5 Å². The van der Waals surface area contributed by atoms with Crippen LogP contribution in [0.15, 0.2) is 9.95 Å². The van der Waals surface area contributed by atoms with Crippen molar-refractivity contribution < 1.29 is 4.79 Å². The number of thioether (sulfide) groups is 1. The maximum Gasteiger partial charge on any atom is 0.263 e. The summed E-state index contributed by atoms with van der Waals surface area (Å²) < 4.78 is 1.73. The summed E-state index contributed by atoms with van der Waals surface area (Å²) in [4.78, 5) is 32.4. The van der Waals surface area contributed by atoms with Gasteiger partial charge in [0, 0.05) is 17.5 Å². The molecule has 0 bridgehead atoms. The summed E-state index contributed by atoms with van der Waals surface area (Å²) >= 11 is 3.04. The molecule has 5 nitrogen and oxygen atoms in total. The Morgan fingerprint density at radius 3 is 2.89 bits per heavy atom. The number of nitrogens with one attached hydrogen (secondary N) is 1. The summed E-state index contributed by atoms with van der Waals surface area (Å²) in [6.45, 7) is 4.77.